The van der Waals surface area contributed by atoms with Crippen LogP contribution in [0.1, 0.15) is 64.0 Å². The molecule has 168 valence electrons. The predicted octanol–water partition coefficient (Wildman–Crippen LogP) is 2.41. The minimum Gasteiger partial charge on any atom is -1.00 e. The van der Waals surface area contributed by atoms with Crippen molar-refractivity contribution in [2.75, 3.05) is 5.32 Å². The number of carbonyl (C=O) groups is 1. The van der Waals surface area contributed by atoms with Crippen molar-refractivity contribution in [1.29, 1.82) is 0 Å². The van der Waals surface area contributed by atoms with E-state index in [0.717, 1.165) is 29.1 Å². The molecule has 1 aromatic carbocycles. The molecule has 0 fully saturated rings. The van der Waals surface area contributed by atoms with E-state index in [2.05, 4.69) is 39.9 Å². The number of rotatable bonds is 6. The Kier molecular flexibility index (Phi) is 7.43. The maximum absolute atomic E-state index is 12.6. The summed E-state index contributed by atoms with van der Waals surface area (Å²) in [6, 6.07) is 13.9. The minimum absolute atomic E-state index is 0. The average molecular weight is 444 g/mol. The molecule has 0 aliphatic carbocycles. The van der Waals surface area contributed by atoms with Crippen LogP contribution in [0.25, 0.3) is 5.65 Å². The van der Waals surface area contributed by atoms with Crippen LogP contribution in [0.5, 0.6) is 5.75 Å². The molecule has 0 saturated heterocycles. The molecule has 0 aliphatic rings. The van der Waals surface area contributed by atoms with Crippen molar-refractivity contribution in [2.45, 2.75) is 67.0 Å². The summed E-state index contributed by atoms with van der Waals surface area (Å²) in [5.74, 6) is 1.56. The Hall–Kier alpha value is -2.53. The van der Waals surface area contributed by atoms with E-state index >= 15 is 0 Å². The van der Waals surface area contributed by atoms with E-state index in [4.69, 9.17) is 4.74 Å². The van der Waals surface area contributed by atoms with Crippen LogP contribution < -0.4 is 27.0 Å². The van der Waals surface area contributed by atoms with Gasteiger partial charge in [0.05, 0.1) is 6.20 Å². The average Bonchev–Trinajstić information content (AvgIpc) is 2.91. The van der Waals surface area contributed by atoms with Crippen LogP contribution in [0.2, 0.25) is 0 Å². The number of nitrogens with zero attached hydrogens (tertiary/aromatic N) is 2. The molecule has 3 rings (SSSR count). The number of halogens is 1. The van der Waals surface area contributed by atoms with Gasteiger partial charge in [0.25, 0.3) is 0 Å². The number of hydrogen-bond donors (Lipinski definition) is 1. The number of benzene rings is 1. The molecular formula is C25H34ClN3O2. The molecule has 0 atom stereocenters. The Morgan fingerprint density at radius 3 is 2.29 bits per heavy atom. The topological polar surface area (TPSA) is 46.6 Å². The van der Waals surface area contributed by atoms with E-state index < -0.39 is 0 Å². The first-order valence-corrected chi connectivity index (χ1v) is 10.5. The smallest absolute Gasteiger partial charge is 0.338 e. The molecule has 0 radical (unpaired) electrons. The van der Waals surface area contributed by atoms with Gasteiger partial charge in [-0.05, 0) is 43.4 Å². The Morgan fingerprint density at radius 2 is 1.71 bits per heavy atom. The highest BCUT2D eigenvalue weighted by molar-refractivity contribution is 5.71. The van der Waals surface area contributed by atoms with Crippen molar-refractivity contribution in [3.63, 3.8) is 0 Å². The fourth-order valence-corrected chi connectivity index (χ4v) is 4.39. The van der Waals surface area contributed by atoms with Crippen LogP contribution in [-0.4, -0.2) is 15.8 Å². The van der Waals surface area contributed by atoms with E-state index in [9.17, 15) is 4.79 Å². The van der Waals surface area contributed by atoms with Crippen LogP contribution in [0.3, 0.4) is 0 Å². The van der Waals surface area contributed by atoms with Crippen LogP contribution in [0, 0.1) is 12.3 Å². The zero-order chi connectivity index (χ0) is 22.1. The number of fused-ring (bicyclic) bond motifs is 1. The SMILES string of the molecule is CC(=O)[n+]1c(C)c(NC(C)(C)CC(C)(C)C)n2cccc(OCc3ccccc3)c21.[Cl-]. The third kappa shape index (κ3) is 5.79. The van der Waals surface area contributed by atoms with Gasteiger partial charge in [-0.3, -0.25) is 0 Å². The number of nitrogens with one attached hydrogen (secondary N) is 1. The fourth-order valence-electron chi connectivity index (χ4n) is 4.39. The number of anilines is 1. The van der Waals surface area contributed by atoms with Gasteiger partial charge in [0.1, 0.15) is 6.61 Å². The second-order valence-electron chi connectivity index (χ2n) is 9.88. The molecule has 0 aliphatic heterocycles. The van der Waals surface area contributed by atoms with Crippen molar-refractivity contribution in [2.24, 2.45) is 5.41 Å². The summed E-state index contributed by atoms with van der Waals surface area (Å²) in [7, 11) is 0. The van der Waals surface area contributed by atoms with Crippen LogP contribution in [0.15, 0.2) is 48.7 Å². The van der Waals surface area contributed by atoms with E-state index in [-0.39, 0.29) is 29.3 Å². The van der Waals surface area contributed by atoms with Gasteiger partial charge < -0.3 is 22.5 Å². The lowest BCUT2D eigenvalue weighted by Gasteiger charge is -2.33. The lowest BCUT2D eigenvalue weighted by atomic mass is 9.82. The molecule has 0 saturated carbocycles. The fraction of sp³-hybridized carbons (Fsp3) is 0.440. The first-order chi connectivity index (χ1) is 14.0. The highest BCUT2D eigenvalue weighted by Gasteiger charge is 2.33. The molecular weight excluding hydrogens is 410 g/mol. The summed E-state index contributed by atoms with van der Waals surface area (Å²) in [6.07, 6.45) is 2.96. The molecule has 0 amide bonds. The molecule has 2 aromatic heterocycles. The molecule has 0 spiro atoms. The Labute approximate surface area is 191 Å². The third-order valence-corrected chi connectivity index (χ3v) is 5.04. The second kappa shape index (κ2) is 9.31. The van der Waals surface area contributed by atoms with Gasteiger partial charge in [-0.1, -0.05) is 51.1 Å². The van der Waals surface area contributed by atoms with Crippen LogP contribution in [-0.2, 0) is 6.61 Å². The second-order valence-corrected chi connectivity index (χ2v) is 9.88. The normalized spacial score (nSPS) is 11.8. The molecule has 0 bridgehead atoms. The largest absolute Gasteiger partial charge is 1.00 e. The van der Waals surface area contributed by atoms with Gasteiger partial charge in [-0.25, -0.2) is 4.79 Å². The highest BCUT2D eigenvalue weighted by atomic mass is 35.5. The number of imidazole rings is 1. The minimum atomic E-state index is -0.146. The van der Waals surface area contributed by atoms with Crippen molar-refractivity contribution >= 4 is 17.4 Å². The van der Waals surface area contributed by atoms with Gasteiger partial charge in [0.15, 0.2) is 5.69 Å². The molecule has 3 aromatic rings. The lowest BCUT2D eigenvalue weighted by Crippen LogP contribution is -3.00. The molecule has 2 heterocycles. The molecule has 0 unspecified atom stereocenters. The maximum atomic E-state index is 12.6. The first-order valence-electron chi connectivity index (χ1n) is 10.5. The van der Waals surface area contributed by atoms with Crippen LogP contribution >= 0.6 is 0 Å². The molecule has 5 nitrogen and oxygen atoms in total. The van der Waals surface area contributed by atoms with E-state index in [0.29, 0.717) is 12.4 Å². The standard InChI is InChI=1S/C25H34N3O2.ClH/c1-18-22(26-25(6,7)17-24(3,4)5)27-15-11-14-21(23(27)28(18)19(2)29)30-16-20-12-9-8-10-13-20;/h8-15,26H,16-17H2,1-7H3;1H/q+1;/p-1. The summed E-state index contributed by atoms with van der Waals surface area (Å²) in [6.45, 7) is 15.1. The van der Waals surface area contributed by atoms with Gasteiger partial charge >= 0.3 is 11.6 Å². The van der Waals surface area contributed by atoms with Crippen molar-refractivity contribution in [3.8, 4) is 5.75 Å². The number of hydrogen-bond acceptors (Lipinski definition) is 3. The summed E-state index contributed by atoms with van der Waals surface area (Å²) < 4.78 is 9.91. The number of pyridine rings is 1. The summed E-state index contributed by atoms with van der Waals surface area (Å²) in [5.41, 5.74) is 2.74. The first kappa shape index (κ1) is 24.7. The number of aromatic nitrogens is 2. The predicted molar refractivity (Wildman–Crippen MR) is 121 cm³/mol. The van der Waals surface area contributed by atoms with Gasteiger partial charge in [0.2, 0.25) is 11.6 Å². The summed E-state index contributed by atoms with van der Waals surface area (Å²) >= 11 is 0. The van der Waals surface area contributed by atoms with E-state index in [1.165, 1.54) is 0 Å². The van der Waals surface area contributed by atoms with Crippen molar-refractivity contribution < 1.29 is 26.5 Å². The maximum Gasteiger partial charge on any atom is 0.338 e. The lowest BCUT2D eigenvalue weighted by molar-refractivity contribution is -0.551. The Bertz CT molecular complexity index is 1050. The zero-order valence-electron chi connectivity index (χ0n) is 19.6. The quantitative estimate of drug-likeness (QED) is 0.595. The highest BCUT2D eigenvalue weighted by Crippen LogP contribution is 2.32. The molecule has 31 heavy (non-hydrogen) atoms. The van der Waals surface area contributed by atoms with Gasteiger partial charge in [0, 0.05) is 19.4 Å². The van der Waals surface area contributed by atoms with Crippen LogP contribution in [0.4, 0.5) is 5.82 Å². The Morgan fingerprint density at radius 1 is 1.06 bits per heavy atom. The van der Waals surface area contributed by atoms with E-state index in [1.54, 1.807) is 11.5 Å². The van der Waals surface area contributed by atoms with Crippen molar-refractivity contribution in [3.05, 3.63) is 59.9 Å². The number of carbonyl (C=O) groups excluding carboxylic acids is 1. The van der Waals surface area contributed by atoms with Gasteiger partial charge in [-0.15, -0.1) is 0 Å². The number of ether oxygens (including phenoxy) is 1. The summed E-state index contributed by atoms with van der Waals surface area (Å²) in [5, 5.41) is 3.70. The molecule has 1 N–H and O–H groups in total. The summed E-state index contributed by atoms with van der Waals surface area (Å²) in [4.78, 5) is 12.6. The van der Waals surface area contributed by atoms with Crippen molar-refractivity contribution in [1.82, 2.24) is 4.40 Å². The monoisotopic (exact) mass is 443 g/mol. The van der Waals surface area contributed by atoms with E-state index in [1.807, 2.05) is 60.0 Å². The molecule has 6 heteroatoms. The zero-order valence-corrected chi connectivity index (χ0v) is 20.4. The Balaban J connectivity index is 0.00000341. The van der Waals surface area contributed by atoms with Gasteiger partial charge in [-0.2, -0.15) is 8.97 Å². The third-order valence-electron chi connectivity index (χ3n) is 5.04.